The van der Waals surface area contributed by atoms with Gasteiger partial charge >= 0.3 is 0 Å². The molecule has 118 valence electrons. The fraction of sp³-hybridized carbons (Fsp3) is 0.647. The molecule has 1 aliphatic heterocycles. The Hall–Kier alpha value is -0.970. The van der Waals surface area contributed by atoms with Gasteiger partial charge in [0.2, 0.25) is 0 Å². The summed E-state index contributed by atoms with van der Waals surface area (Å²) in [5.41, 5.74) is 2.48. The zero-order chi connectivity index (χ0) is 15.1. The summed E-state index contributed by atoms with van der Waals surface area (Å²) in [6.45, 7) is 6.16. The van der Waals surface area contributed by atoms with E-state index in [9.17, 15) is 4.39 Å². The van der Waals surface area contributed by atoms with Crippen molar-refractivity contribution in [2.24, 2.45) is 5.41 Å². The van der Waals surface area contributed by atoms with Crippen molar-refractivity contribution in [1.82, 2.24) is 5.32 Å². The molecule has 1 aromatic rings. The minimum absolute atomic E-state index is 0.157. The Bertz CT molecular complexity index is 444. The predicted octanol–water partition coefficient (Wildman–Crippen LogP) is 2.71. The molecule has 0 radical (unpaired) electrons. The molecule has 0 bridgehead atoms. The van der Waals surface area contributed by atoms with Crippen LogP contribution in [0.1, 0.15) is 24.0 Å². The number of benzene rings is 1. The van der Waals surface area contributed by atoms with Crippen molar-refractivity contribution in [1.29, 1.82) is 0 Å². The van der Waals surface area contributed by atoms with Gasteiger partial charge < -0.3 is 14.8 Å². The van der Waals surface area contributed by atoms with E-state index in [1.807, 2.05) is 13.0 Å². The second-order valence-electron chi connectivity index (χ2n) is 6.03. The highest BCUT2D eigenvalue weighted by molar-refractivity contribution is 5.28. The average molecular weight is 295 g/mol. The summed E-state index contributed by atoms with van der Waals surface area (Å²) < 4.78 is 23.9. The molecule has 1 aliphatic rings. The Kier molecular flexibility index (Phi) is 6.15. The maximum Gasteiger partial charge on any atom is 0.123 e. The third-order valence-electron chi connectivity index (χ3n) is 4.41. The number of rotatable bonds is 7. The highest BCUT2D eigenvalue weighted by atomic mass is 19.1. The van der Waals surface area contributed by atoms with Gasteiger partial charge in [0.1, 0.15) is 5.82 Å². The molecule has 0 aromatic heterocycles. The molecule has 1 heterocycles. The Labute approximate surface area is 126 Å². The summed E-state index contributed by atoms with van der Waals surface area (Å²) in [6.07, 6.45) is 3.07. The molecular formula is C17H26FNO2. The van der Waals surface area contributed by atoms with Gasteiger partial charge in [-0.25, -0.2) is 4.39 Å². The van der Waals surface area contributed by atoms with Crippen LogP contribution < -0.4 is 5.32 Å². The first-order chi connectivity index (χ1) is 10.2. The lowest BCUT2D eigenvalue weighted by Gasteiger charge is -2.38. The highest BCUT2D eigenvalue weighted by Crippen LogP contribution is 2.34. The normalized spacial score (nSPS) is 17.9. The molecule has 2 rings (SSSR count). The number of hydrogen-bond donors (Lipinski definition) is 1. The Balaban J connectivity index is 2.04. The average Bonchev–Trinajstić information content (AvgIpc) is 2.48. The lowest BCUT2D eigenvalue weighted by molar-refractivity contribution is 0.0142. The third-order valence-corrected chi connectivity index (χ3v) is 4.41. The molecule has 0 aliphatic carbocycles. The first-order valence-corrected chi connectivity index (χ1v) is 7.68. The van der Waals surface area contributed by atoms with Gasteiger partial charge in [0.25, 0.3) is 0 Å². The molecule has 0 spiro atoms. The van der Waals surface area contributed by atoms with Gasteiger partial charge in [-0.1, -0.05) is 6.07 Å². The van der Waals surface area contributed by atoms with Crippen molar-refractivity contribution in [3.63, 3.8) is 0 Å². The minimum Gasteiger partial charge on any atom is -0.383 e. The SMILES string of the molecule is COCCNCC1(Cc2ccc(F)cc2C)CCOCC1. The van der Waals surface area contributed by atoms with Crippen molar-refractivity contribution < 1.29 is 13.9 Å². The topological polar surface area (TPSA) is 30.5 Å². The van der Waals surface area contributed by atoms with E-state index in [-0.39, 0.29) is 11.2 Å². The van der Waals surface area contributed by atoms with Crippen LogP contribution in [0.15, 0.2) is 18.2 Å². The van der Waals surface area contributed by atoms with E-state index in [4.69, 9.17) is 9.47 Å². The molecule has 1 aromatic carbocycles. The standard InChI is InChI=1S/C17H26FNO2/c1-14-11-16(18)4-3-15(14)12-17(5-8-21-9-6-17)13-19-7-10-20-2/h3-4,11,19H,5-10,12-13H2,1-2H3. The van der Waals surface area contributed by atoms with E-state index in [0.29, 0.717) is 0 Å². The van der Waals surface area contributed by atoms with Gasteiger partial charge in [0, 0.05) is 33.4 Å². The first kappa shape index (κ1) is 16.4. The smallest absolute Gasteiger partial charge is 0.123 e. The lowest BCUT2D eigenvalue weighted by Crippen LogP contribution is -2.41. The van der Waals surface area contributed by atoms with Crippen molar-refractivity contribution in [2.45, 2.75) is 26.2 Å². The van der Waals surface area contributed by atoms with E-state index >= 15 is 0 Å². The molecule has 0 atom stereocenters. The molecule has 1 N–H and O–H groups in total. The number of ether oxygens (including phenoxy) is 2. The summed E-state index contributed by atoms with van der Waals surface area (Å²) in [5, 5.41) is 3.49. The number of methoxy groups -OCH3 is 1. The van der Waals surface area contributed by atoms with Gasteiger partial charge in [0.15, 0.2) is 0 Å². The van der Waals surface area contributed by atoms with Crippen LogP contribution in [0.5, 0.6) is 0 Å². The number of nitrogens with one attached hydrogen (secondary N) is 1. The Morgan fingerprint density at radius 3 is 2.76 bits per heavy atom. The van der Waals surface area contributed by atoms with E-state index in [1.54, 1.807) is 19.2 Å². The molecule has 0 amide bonds. The van der Waals surface area contributed by atoms with Crippen molar-refractivity contribution in [3.05, 3.63) is 35.1 Å². The van der Waals surface area contributed by atoms with Gasteiger partial charge in [-0.15, -0.1) is 0 Å². The number of aryl methyl sites for hydroxylation is 1. The maximum absolute atomic E-state index is 13.3. The van der Waals surface area contributed by atoms with Crippen molar-refractivity contribution in [2.75, 3.05) is 40.0 Å². The first-order valence-electron chi connectivity index (χ1n) is 7.68. The summed E-state index contributed by atoms with van der Waals surface area (Å²) in [4.78, 5) is 0. The molecule has 1 fully saturated rings. The summed E-state index contributed by atoms with van der Waals surface area (Å²) in [7, 11) is 1.72. The van der Waals surface area contributed by atoms with Gasteiger partial charge in [-0.05, 0) is 54.9 Å². The predicted molar refractivity (Wildman–Crippen MR) is 82.1 cm³/mol. The van der Waals surface area contributed by atoms with E-state index in [2.05, 4.69) is 5.32 Å². The zero-order valence-corrected chi connectivity index (χ0v) is 13.1. The van der Waals surface area contributed by atoms with Crippen LogP contribution in [-0.4, -0.2) is 40.0 Å². The van der Waals surface area contributed by atoms with Crippen molar-refractivity contribution >= 4 is 0 Å². The van der Waals surface area contributed by atoms with Crippen LogP contribution in [-0.2, 0) is 15.9 Å². The zero-order valence-electron chi connectivity index (χ0n) is 13.1. The van der Waals surface area contributed by atoms with Crippen LogP contribution >= 0.6 is 0 Å². The van der Waals surface area contributed by atoms with Crippen LogP contribution in [0.2, 0.25) is 0 Å². The summed E-state index contributed by atoms with van der Waals surface area (Å²) >= 11 is 0. The quantitative estimate of drug-likeness (QED) is 0.785. The second-order valence-corrected chi connectivity index (χ2v) is 6.03. The highest BCUT2D eigenvalue weighted by Gasteiger charge is 2.32. The lowest BCUT2D eigenvalue weighted by atomic mass is 9.74. The van der Waals surface area contributed by atoms with Gasteiger partial charge in [-0.2, -0.15) is 0 Å². The van der Waals surface area contributed by atoms with Crippen molar-refractivity contribution in [3.8, 4) is 0 Å². The monoisotopic (exact) mass is 295 g/mol. The van der Waals surface area contributed by atoms with E-state index < -0.39 is 0 Å². The maximum atomic E-state index is 13.3. The number of halogens is 1. The molecular weight excluding hydrogens is 269 g/mol. The number of hydrogen-bond acceptors (Lipinski definition) is 3. The molecule has 4 heteroatoms. The van der Waals surface area contributed by atoms with Gasteiger partial charge in [0.05, 0.1) is 6.61 Å². The fourth-order valence-corrected chi connectivity index (χ4v) is 3.01. The summed E-state index contributed by atoms with van der Waals surface area (Å²) in [6, 6.07) is 5.12. The molecule has 0 saturated carbocycles. The fourth-order valence-electron chi connectivity index (χ4n) is 3.01. The molecule has 0 unspecified atom stereocenters. The molecule has 1 saturated heterocycles. The van der Waals surface area contributed by atoms with Gasteiger partial charge in [-0.3, -0.25) is 0 Å². The van der Waals surface area contributed by atoms with Crippen LogP contribution in [0.4, 0.5) is 4.39 Å². The largest absolute Gasteiger partial charge is 0.383 e. The van der Waals surface area contributed by atoms with Crippen LogP contribution in [0.3, 0.4) is 0 Å². The van der Waals surface area contributed by atoms with Crippen LogP contribution in [0.25, 0.3) is 0 Å². The summed E-state index contributed by atoms with van der Waals surface area (Å²) in [5.74, 6) is -0.157. The third kappa shape index (κ3) is 4.77. The molecule has 3 nitrogen and oxygen atoms in total. The van der Waals surface area contributed by atoms with Crippen LogP contribution in [0, 0.1) is 18.2 Å². The second kappa shape index (κ2) is 7.87. The molecule has 21 heavy (non-hydrogen) atoms. The minimum atomic E-state index is -0.157. The van der Waals surface area contributed by atoms with E-state index in [1.165, 1.54) is 5.56 Å². The van der Waals surface area contributed by atoms with E-state index in [0.717, 1.165) is 57.7 Å². The Morgan fingerprint density at radius 1 is 1.33 bits per heavy atom. The Morgan fingerprint density at radius 2 is 2.10 bits per heavy atom.